The molecule has 3 aliphatic heterocycles. The maximum atomic E-state index is 6.26. The Labute approximate surface area is 175 Å². The molecule has 1 aromatic carbocycles. The summed E-state index contributed by atoms with van der Waals surface area (Å²) in [5, 5.41) is 0.741. The lowest BCUT2D eigenvalue weighted by molar-refractivity contribution is 0.307. The Kier molecular flexibility index (Phi) is 4.47. The van der Waals surface area contributed by atoms with E-state index in [1.54, 1.807) is 0 Å². The van der Waals surface area contributed by atoms with E-state index in [2.05, 4.69) is 50.8 Å². The third-order valence-electron chi connectivity index (χ3n) is 5.58. The first-order valence-electron chi connectivity index (χ1n) is 9.81. The van der Waals surface area contributed by atoms with Crippen molar-refractivity contribution in [1.82, 2.24) is 19.4 Å². The highest BCUT2D eigenvalue weighted by atomic mass is 35.5. The summed E-state index contributed by atoms with van der Waals surface area (Å²) in [6, 6.07) is 5.87. The highest BCUT2D eigenvalue weighted by Crippen LogP contribution is 2.36. The van der Waals surface area contributed by atoms with Crippen molar-refractivity contribution in [2.24, 2.45) is 0 Å². The van der Waals surface area contributed by atoms with Gasteiger partial charge in [0.1, 0.15) is 12.4 Å². The largest absolute Gasteiger partial charge is 0.489 e. The smallest absolute Gasteiger partial charge is 0.127 e. The van der Waals surface area contributed by atoms with Crippen molar-refractivity contribution in [2.75, 3.05) is 26.2 Å². The Bertz CT molecular complexity index is 1090. The molecule has 0 unspecified atom stereocenters. The minimum Gasteiger partial charge on any atom is -0.489 e. The summed E-state index contributed by atoms with van der Waals surface area (Å²) in [4.78, 5) is 9.01. The molecule has 6 heteroatoms. The number of hydrogen-bond donors (Lipinski definition) is 0. The van der Waals surface area contributed by atoms with E-state index in [1.807, 2.05) is 37.6 Å². The van der Waals surface area contributed by atoms with Gasteiger partial charge in [0, 0.05) is 48.8 Å². The Balaban J connectivity index is 1.37. The minimum atomic E-state index is 0.636. The zero-order chi connectivity index (χ0) is 20.0. The summed E-state index contributed by atoms with van der Waals surface area (Å²) in [6.45, 7) is 7.54. The van der Waals surface area contributed by atoms with E-state index in [0.717, 1.165) is 47.4 Å². The molecule has 0 bridgehead atoms. The number of rotatable bonds is 3. The first-order chi connectivity index (χ1) is 14.1. The minimum absolute atomic E-state index is 0.636. The molecule has 29 heavy (non-hydrogen) atoms. The normalized spacial score (nSPS) is 18.2. The summed E-state index contributed by atoms with van der Waals surface area (Å²) in [6.07, 6.45) is 12.7. The van der Waals surface area contributed by atoms with Gasteiger partial charge < -0.3 is 19.1 Å². The number of imidazole rings is 1. The van der Waals surface area contributed by atoms with Crippen molar-refractivity contribution < 1.29 is 4.74 Å². The molecular formula is C23H23ClN4O. The fraction of sp³-hybridized carbons (Fsp3) is 0.261. The molecule has 0 aliphatic carbocycles. The second kappa shape index (κ2) is 7.16. The van der Waals surface area contributed by atoms with Crippen molar-refractivity contribution in [3.63, 3.8) is 0 Å². The van der Waals surface area contributed by atoms with Crippen LogP contribution in [0.2, 0.25) is 5.02 Å². The van der Waals surface area contributed by atoms with Gasteiger partial charge in [-0.15, -0.1) is 0 Å². The van der Waals surface area contributed by atoms with Crippen LogP contribution >= 0.6 is 11.6 Å². The van der Waals surface area contributed by atoms with E-state index in [-0.39, 0.29) is 0 Å². The number of halogens is 1. The summed E-state index contributed by atoms with van der Waals surface area (Å²) < 4.78 is 7.93. The van der Waals surface area contributed by atoms with Crippen LogP contribution in [-0.2, 0) is 0 Å². The van der Waals surface area contributed by atoms with Crippen molar-refractivity contribution in [2.45, 2.75) is 13.8 Å². The Morgan fingerprint density at radius 2 is 1.97 bits per heavy atom. The van der Waals surface area contributed by atoms with Crippen molar-refractivity contribution in [3.05, 3.63) is 82.8 Å². The third kappa shape index (κ3) is 3.47. The van der Waals surface area contributed by atoms with Gasteiger partial charge in [0.15, 0.2) is 0 Å². The van der Waals surface area contributed by atoms with Crippen LogP contribution < -0.4 is 4.74 Å². The Morgan fingerprint density at radius 1 is 1.10 bits per heavy atom. The fourth-order valence-corrected chi connectivity index (χ4v) is 4.14. The molecule has 148 valence electrons. The maximum absolute atomic E-state index is 6.26. The first kappa shape index (κ1) is 18.1. The van der Waals surface area contributed by atoms with Gasteiger partial charge >= 0.3 is 0 Å². The van der Waals surface area contributed by atoms with Gasteiger partial charge in [-0.2, -0.15) is 0 Å². The number of fused-ring (bicyclic) bond motifs is 2. The van der Waals surface area contributed by atoms with Crippen molar-refractivity contribution in [1.29, 1.82) is 0 Å². The summed E-state index contributed by atoms with van der Waals surface area (Å²) in [7, 11) is 0. The average molecular weight is 407 g/mol. The molecule has 0 atom stereocenters. The molecule has 1 aromatic heterocycles. The summed E-state index contributed by atoms with van der Waals surface area (Å²) >= 11 is 6.26. The number of benzene rings is 1. The number of hydrogen-bond acceptors (Lipinski definition) is 4. The van der Waals surface area contributed by atoms with E-state index in [1.165, 1.54) is 16.8 Å². The van der Waals surface area contributed by atoms with Crippen LogP contribution in [0.3, 0.4) is 0 Å². The molecule has 0 amide bonds. The molecule has 0 fully saturated rings. The van der Waals surface area contributed by atoms with Gasteiger partial charge in [-0.25, -0.2) is 4.98 Å². The average Bonchev–Trinajstić information content (AvgIpc) is 3.16. The Hall–Kier alpha value is -2.92. The molecule has 0 saturated heterocycles. The second-order valence-corrected chi connectivity index (χ2v) is 8.15. The molecule has 0 radical (unpaired) electrons. The van der Waals surface area contributed by atoms with E-state index in [0.29, 0.717) is 6.61 Å². The molecule has 4 heterocycles. The lowest BCUT2D eigenvalue weighted by Gasteiger charge is -2.36. The fourth-order valence-electron chi connectivity index (χ4n) is 3.97. The first-order valence-corrected chi connectivity index (χ1v) is 10.2. The van der Waals surface area contributed by atoms with Crippen LogP contribution in [0.25, 0.3) is 11.3 Å². The molecule has 0 spiro atoms. The Morgan fingerprint density at radius 3 is 2.79 bits per heavy atom. The van der Waals surface area contributed by atoms with Gasteiger partial charge in [0.2, 0.25) is 0 Å². The SMILES string of the molecule is CC1=C(CN2C=C3C=CC(n4cnc(C)c4)=CN3CC2)c2cc(Cl)ccc2OC1. The zero-order valence-electron chi connectivity index (χ0n) is 16.6. The highest BCUT2D eigenvalue weighted by Gasteiger charge is 2.23. The molecule has 2 aromatic rings. The van der Waals surface area contributed by atoms with Crippen LogP contribution in [0.4, 0.5) is 0 Å². The zero-order valence-corrected chi connectivity index (χ0v) is 17.4. The third-order valence-corrected chi connectivity index (χ3v) is 5.82. The highest BCUT2D eigenvalue weighted by molar-refractivity contribution is 6.30. The standard InChI is InChI=1S/C23H23ClN4O/c1-16-14-29-23-6-3-18(24)9-21(23)22(16)13-26-7-8-27-12-20(5-4-19(27)11-26)28-10-17(2)25-15-28/h3-6,9-12,15H,7-8,13-14H2,1-2H3. The molecule has 0 N–H and O–H groups in total. The van der Waals surface area contributed by atoms with Crippen LogP contribution in [0.5, 0.6) is 5.75 Å². The van der Waals surface area contributed by atoms with E-state index >= 15 is 0 Å². The number of nitrogens with zero attached hydrogens (tertiary/aromatic N) is 4. The van der Waals surface area contributed by atoms with Crippen molar-refractivity contribution in [3.8, 4) is 5.75 Å². The number of allylic oxidation sites excluding steroid dienone is 3. The predicted octanol–water partition coefficient (Wildman–Crippen LogP) is 4.54. The topological polar surface area (TPSA) is 33.5 Å². The molecule has 5 nitrogen and oxygen atoms in total. The van der Waals surface area contributed by atoms with Gasteiger partial charge in [-0.3, -0.25) is 0 Å². The van der Waals surface area contributed by atoms with Crippen LogP contribution in [0.15, 0.2) is 66.5 Å². The lowest BCUT2D eigenvalue weighted by atomic mass is 9.97. The van der Waals surface area contributed by atoms with Gasteiger partial charge in [-0.1, -0.05) is 11.6 Å². The van der Waals surface area contributed by atoms with Crippen molar-refractivity contribution >= 4 is 22.9 Å². The molecule has 0 saturated carbocycles. The number of aromatic nitrogens is 2. The van der Waals surface area contributed by atoms with E-state index in [4.69, 9.17) is 16.3 Å². The summed E-state index contributed by atoms with van der Waals surface area (Å²) in [5.41, 5.74) is 7.03. The quantitative estimate of drug-likeness (QED) is 0.749. The summed E-state index contributed by atoms with van der Waals surface area (Å²) in [5.74, 6) is 0.919. The van der Waals surface area contributed by atoms with Gasteiger partial charge in [0.25, 0.3) is 0 Å². The number of ether oxygens (including phenoxy) is 1. The monoisotopic (exact) mass is 406 g/mol. The lowest BCUT2D eigenvalue weighted by Crippen LogP contribution is -2.37. The predicted molar refractivity (Wildman–Crippen MR) is 116 cm³/mol. The van der Waals surface area contributed by atoms with Crippen LogP contribution in [-0.4, -0.2) is 45.6 Å². The van der Waals surface area contributed by atoms with E-state index in [9.17, 15) is 0 Å². The van der Waals surface area contributed by atoms with Crippen LogP contribution in [0, 0.1) is 6.92 Å². The van der Waals surface area contributed by atoms with Gasteiger partial charge in [-0.05, 0) is 55.3 Å². The molecular weight excluding hydrogens is 384 g/mol. The maximum Gasteiger partial charge on any atom is 0.127 e. The van der Waals surface area contributed by atoms with Crippen LogP contribution in [0.1, 0.15) is 18.2 Å². The number of aryl methyl sites for hydroxylation is 1. The molecule has 3 aliphatic rings. The van der Waals surface area contributed by atoms with Gasteiger partial charge in [0.05, 0.1) is 23.4 Å². The molecule has 5 rings (SSSR count). The second-order valence-electron chi connectivity index (χ2n) is 7.72. The van der Waals surface area contributed by atoms with E-state index < -0.39 is 0 Å².